The zero-order valence-electron chi connectivity index (χ0n) is 13.9. The minimum Gasteiger partial charge on any atom is -0.497 e. The van der Waals surface area contributed by atoms with Crippen molar-refractivity contribution in [1.29, 1.82) is 0 Å². The van der Waals surface area contributed by atoms with Gasteiger partial charge in [0, 0.05) is 17.1 Å². The van der Waals surface area contributed by atoms with Gasteiger partial charge in [-0.3, -0.25) is 4.79 Å². The number of rotatable bonds is 7. The summed E-state index contributed by atoms with van der Waals surface area (Å²) in [7, 11) is 3.12. The maximum absolute atomic E-state index is 12.2. The van der Waals surface area contributed by atoms with Crippen LogP contribution in [0, 0.1) is 0 Å². The molecule has 2 aromatic carbocycles. The first-order valence-corrected chi connectivity index (χ1v) is 7.92. The van der Waals surface area contributed by atoms with Crippen molar-refractivity contribution in [1.82, 2.24) is 5.32 Å². The van der Waals surface area contributed by atoms with Crippen molar-refractivity contribution in [3.8, 4) is 11.5 Å². The Hall–Kier alpha value is -2.24. The van der Waals surface area contributed by atoms with Crippen LogP contribution >= 0.6 is 11.6 Å². The van der Waals surface area contributed by atoms with Crippen LogP contribution in [0.2, 0.25) is 5.02 Å². The SMILES string of the molecule is COc1ccc(NC(=O)CN[C@H](C)c2ccccc2Cl)c(OC)c1. The number of nitrogens with one attached hydrogen (secondary N) is 2. The van der Waals surface area contributed by atoms with Crippen LogP contribution in [0.1, 0.15) is 18.5 Å². The van der Waals surface area contributed by atoms with Crippen molar-refractivity contribution in [3.05, 3.63) is 53.1 Å². The Morgan fingerprint density at radius 1 is 1.17 bits per heavy atom. The van der Waals surface area contributed by atoms with Gasteiger partial charge in [0.15, 0.2) is 0 Å². The number of anilines is 1. The number of hydrogen-bond donors (Lipinski definition) is 2. The second-order valence-corrected chi connectivity index (χ2v) is 5.65. The smallest absolute Gasteiger partial charge is 0.238 e. The monoisotopic (exact) mass is 348 g/mol. The van der Waals surface area contributed by atoms with E-state index >= 15 is 0 Å². The third-order valence-corrected chi connectivity index (χ3v) is 3.97. The molecular formula is C18H21ClN2O3. The molecule has 5 nitrogen and oxygen atoms in total. The zero-order chi connectivity index (χ0) is 17.5. The third kappa shape index (κ3) is 4.63. The molecule has 0 saturated carbocycles. The Kier molecular flexibility index (Phi) is 6.46. The van der Waals surface area contributed by atoms with E-state index in [-0.39, 0.29) is 18.5 Å². The van der Waals surface area contributed by atoms with Crippen LogP contribution in [0.3, 0.4) is 0 Å². The summed E-state index contributed by atoms with van der Waals surface area (Å²) in [5.74, 6) is 1.04. The Bertz CT molecular complexity index is 706. The molecule has 0 bridgehead atoms. The van der Waals surface area contributed by atoms with E-state index in [4.69, 9.17) is 21.1 Å². The Balaban J connectivity index is 1.95. The van der Waals surface area contributed by atoms with E-state index in [1.54, 1.807) is 32.4 Å². The van der Waals surface area contributed by atoms with Gasteiger partial charge in [0.25, 0.3) is 0 Å². The van der Waals surface area contributed by atoms with Gasteiger partial charge in [0.1, 0.15) is 11.5 Å². The number of hydrogen-bond acceptors (Lipinski definition) is 4. The van der Waals surface area contributed by atoms with Gasteiger partial charge >= 0.3 is 0 Å². The summed E-state index contributed by atoms with van der Waals surface area (Å²) in [6.07, 6.45) is 0. The number of carbonyl (C=O) groups excluding carboxylic acids is 1. The summed E-state index contributed by atoms with van der Waals surface area (Å²) in [5.41, 5.74) is 1.55. The van der Waals surface area contributed by atoms with Gasteiger partial charge in [-0.1, -0.05) is 29.8 Å². The molecule has 0 aliphatic carbocycles. The fourth-order valence-electron chi connectivity index (χ4n) is 2.28. The van der Waals surface area contributed by atoms with Crippen LogP contribution in [0.15, 0.2) is 42.5 Å². The quantitative estimate of drug-likeness (QED) is 0.802. The number of ether oxygens (including phenoxy) is 2. The Morgan fingerprint density at radius 2 is 1.92 bits per heavy atom. The van der Waals surface area contributed by atoms with Crippen LogP contribution in [-0.2, 0) is 4.79 Å². The highest BCUT2D eigenvalue weighted by Crippen LogP contribution is 2.29. The van der Waals surface area contributed by atoms with E-state index in [1.165, 1.54) is 0 Å². The highest BCUT2D eigenvalue weighted by atomic mass is 35.5. The zero-order valence-corrected chi connectivity index (χ0v) is 14.7. The number of halogens is 1. The lowest BCUT2D eigenvalue weighted by atomic mass is 10.1. The highest BCUT2D eigenvalue weighted by molar-refractivity contribution is 6.31. The van der Waals surface area contributed by atoms with Gasteiger partial charge in [-0.05, 0) is 30.7 Å². The molecule has 2 N–H and O–H groups in total. The second-order valence-electron chi connectivity index (χ2n) is 5.24. The topological polar surface area (TPSA) is 59.6 Å². The van der Waals surface area contributed by atoms with E-state index in [1.807, 2.05) is 31.2 Å². The Morgan fingerprint density at radius 3 is 2.58 bits per heavy atom. The van der Waals surface area contributed by atoms with E-state index in [0.29, 0.717) is 22.2 Å². The highest BCUT2D eigenvalue weighted by Gasteiger charge is 2.12. The maximum Gasteiger partial charge on any atom is 0.238 e. The first-order valence-electron chi connectivity index (χ1n) is 7.55. The first kappa shape index (κ1) is 18.1. The van der Waals surface area contributed by atoms with Gasteiger partial charge in [-0.25, -0.2) is 0 Å². The van der Waals surface area contributed by atoms with Crippen molar-refractivity contribution < 1.29 is 14.3 Å². The maximum atomic E-state index is 12.2. The normalized spacial score (nSPS) is 11.7. The van der Waals surface area contributed by atoms with Crippen molar-refractivity contribution >= 4 is 23.2 Å². The molecule has 0 aromatic heterocycles. The third-order valence-electron chi connectivity index (χ3n) is 3.62. The van der Waals surface area contributed by atoms with Crippen LogP contribution in [0.5, 0.6) is 11.5 Å². The van der Waals surface area contributed by atoms with E-state index in [0.717, 1.165) is 5.56 Å². The van der Waals surface area contributed by atoms with E-state index in [2.05, 4.69) is 10.6 Å². The van der Waals surface area contributed by atoms with Crippen LogP contribution in [0.4, 0.5) is 5.69 Å². The molecule has 0 radical (unpaired) electrons. The van der Waals surface area contributed by atoms with Gasteiger partial charge in [-0.15, -0.1) is 0 Å². The molecule has 0 unspecified atom stereocenters. The fourth-order valence-corrected chi connectivity index (χ4v) is 2.58. The molecule has 24 heavy (non-hydrogen) atoms. The molecule has 0 heterocycles. The molecule has 0 saturated heterocycles. The van der Waals surface area contributed by atoms with Crippen molar-refractivity contribution in [2.45, 2.75) is 13.0 Å². The molecule has 2 rings (SSSR count). The summed E-state index contributed by atoms with van der Waals surface area (Å²) in [4.78, 5) is 12.2. The van der Waals surface area contributed by atoms with Crippen molar-refractivity contribution in [3.63, 3.8) is 0 Å². The van der Waals surface area contributed by atoms with Gasteiger partial charge < -0.3 is 20.1 Å². The molecular weight excluding hydrogens is 328 g/mol. The predicted octanol–water partition coefficient (Wildman–Crippen LogP) is 3.65. The molecule has 0 spiro atoms. The van der Waals surface area contributed by atoms with Crippen molar-refractivity contribution in [2.75, 3.05) is 26.1 Å². The minimum absolute atomic E-state index is 0.0396. The number of methoxy groups -OCH3 is 2. The molecule has 1 atom stereocenters. The van der Waals surface area contributed by atoms with E-state index < -0.39 is 0 Å². The average Bonchev–Trinajstić information content (AvgIpc) is 2.60. The summed E-state index contributed by atoms with van der Waals surface area (Å²) in [5, 5.41) is 6.65. The predicted molar refractivity (Wildman–Crippen MR) is 96.0 cm³/mol. The lowest BCUT2D eigenvalue weighted by Crippen LogP contribution is -2.30. The molecule has 0 fully saturated rings. The fraction of sp³-hybridized carbons (Fsp3) is 0.278. The largest absolute Gasteiger partial charge is 0.497 e. The Labute approximate surface area is 146 Å². The number of carbonyl (C=O) groups is 1. The lowest BCUT2D eigenvalue weighted by Gasteiger charge is -2.16. The summed E-state index contributed by atoms with van der Waals surface area (Å²) < 4.78 is 10.4. The molecule has 1 amide bonds. The number of benzene rings is 2. The molecule has 2 aromatic rings. The van der Waals surface area contributed by atoms with Gasteiger partial charge in [0.05, 0.1) is 26.5 Å². The number of amides is 1. The molecule has 0 aliphatic heterocycles. The standard InChI is InChI=1S/C18H21ClN2O3/c1-12(14-6-4-5-7-15(14)19)20-11-18(22)21-16-9-8-13(23-2)10-17(16)24-3/h4-10,12,20H,11H2,1-3H3,(H,21,22)/t12-/m1/s1. The van der Waals surface area contributed by atoms with Gasteiger partial charge in [-0.2, -0.15) is 0 Å². The van der Waals surface area contributed by atoms with Crippen molar-refractivity contribution in [2.24, 2.45) is 0 Å². The lowest BCUT2D eigenvalue weighted by molar-refractivity contribution is -0.115. The van der Waals surface area contributed by atoms with E-state index in [9.17, 15) is 4.79 Å². The second kappa shape index (κ2) is 8.57. The van der Waals surface area contributed by atoms with Gasteiger partial charge in [0.2, 0.25) is 5.91 Å². The molecule has 0 aliphatic rings. The molecule has 6 heteroatoms. The summed E-state index contributed by atoms with van der Waals surface area (Å²) in [6, 6.07) is 12.7. The summed E-state index contributed by atoms with van der Waals surface area (Å²) >= 11 is 6.16. The van der Waals surface area contributed by atoms with Crippen LogP contribution in [-0.4, -0.2) is 26.7 Å². The van der Waals surface area contributed by atoms with Crippen LogP contribution < -0.4 is 20.1 Å². The minimum atomic E-state index is -0.169. The molecule has 128 valence electrons. The summed E-state index contributed by atoms with van der Waals surface area (Å²) in [6.45, 7) is 2.12. The first-order chi connectivity index (χ1) is 11.5. The van der Waals surface area contributed by atoms with Crippen LogP contribution in [0.25, 0.3) is 0 Å². The average molecular weight is 349 g/mol.